The largest absolute Gasteiger partial charge is 0.390 e. The van der Waals surface area contributed by atoms with E-state index >= 15 is 0 Å². The molecule has 0 saturated heterocycles. The van der Waals surface area contributed by atoms with Crippen LogP contribution in [0.5, 0.6) is 0 Å². The fraction of sp³-hybridized carbons (Fsp3) is 1.00. The van der Waals surface area contributed by atoms with Crippen molar-refractivity contribution in [2.24, 2.45) is 0 Å². The Labute approximate surface area is 92.5 Å². The zero-order valence-electron chi connectivity index (χ0n) is 5.45. The first-order chi connectivity index (χ1) is 3.56. The zero-order chi connectivity index (χ0) is 6.62. The molecule has 0 aromatic rings. The van der Waals surface area contributed by atoms with Gasteiger partial charge in [-0.1, -0.05) is 37.1 Å². The molecule has 0 fully saturated rings. The van der Waals surface area contributed by atoms with Gasteiger partial charge in [0.1, 0.15) is 0 Å². The Balaban J connectivity index is -0.0000000245. The molecule has 0 spiro atoms. The highest BCUT2D eigenvalue weighted by molar-refractivity contribution is 6.17. The second-order valence-electron chi connectivity index (χ2n) is 2.60. The molecule has 0 radical (unpaired) electrons. The summed E-state index contributed by atoms with van der Waals surface area (Å²) in [6.45, 7) is 3.58. The Kier molecular flexibility index (Phi) is 52.7. The van der Waals surface area contributed by atoms with Gasteiger partial charge in [0.2, 0.25) is 0 Å². The molecule has 0 aliphatic rings. The van der Waals surface area contributed by atoms with Gasteiger partial charge in [0, 0.05) is 5.88 Å². The van der Waals surface area contributed by atoms with Crippen LogP contribution in [0.1, 0.15) is 63.8 Å². The average molecular weight is 217 g/mol. The van der Waals surface area contributed by atoms with Gasteiger partial charge in [0.05, 0.1) is 5.60 Å². The fourth-order valence-corrected chi connectivity index (χ4v) is 0.633. The van der Waals surface area contributed by atoms with Crippen molar-refractivity contribution in [1.29, 1.82) is 0 Å². The summed E-state index contributed by atoms with van der Waals surface area (Å²) in [5.74, 6) is 0.643. The third-order valence-corrected chi connectivity index (χ3v) is 1.19. The molecule has 0 aliphatic carbocycles. The smallest absolute Gasteiger partial charge is 0.0592 e. The van der Waals surface area contributed by atoms with Crippen LogP contribution >= 0.6 is 11.6 Å². The SMILES string of the molecule is C.C.C.C.C.CC(C)(O)CCCCl. The minimum absolute atomic E-state index is 0. The van der Waals surface area contributed by atoms with Crippen LogP contribution in [0.4, 0.5) is 0 Å². The molecular formula is C11H33ClO. The van der Waals surface area contributed by atoms with Crippen LogP contribution < -0.4 is 0 Å². The number of rotatable bonds is 3. The van der Waals surface area contributed by atoms with E-state index in [1.54, 1.807) is 13.8 Å². The van der Waals surface area contributed by atoms with E-state index in [1.807, 2.05) is 0 Å². The molecule has 13 heavy (non-hydrogen) atoms. The van der Waals surface area contributed by atoms with Crippen LogP contribution in [0, 0.1) is 0 Å². The first kappa shape index (κ1) is 37.8. The minimum atomic E-state index is -0.533. The topological polar surface area (TPSA) is 20.2 Å². The predicted molar refractivity (Wildman–Crippen MR) is 69.9 cm³/mol. The van der Waals surface area contributed by atoms with Crippen molar-refractivity contribution >= 4 is 11.6 Å². The molecule has 0 atom stereocenters. The summed E-state index contributed by atoms with van der Waals surface area (Å²) >= 11 is 5.40. The second kappa shape index (κ2) is 18.1. The monoisotopic (exact) mass is 216 g/mol. The highest BCUT2D eigenvalue weighted by Crippen LogP contribution is 2.09. The molecule has 0 heterocycles. The summed E-state index contributed by atoms with van der Waals surface area (Å²) < 4.78 is 0. The van der Waals surface area contributed by atoms with E-state index in [1.165, 1.54) is 0 Å². The third kappa shape index (κ3) is 46.7. The number of hydrogen-bond donors (Lipinski definition) is 1. The van der Waals surface area contributed by atoms with Crippen molar-refractivity contribution in [2.45, 2.75) is 69.4 Å². The van der Waals surface area contributed by atoms with Crippen molar-refractivity contribution in [3.63, 3.8) is 0 Å². The lowest BCUT2D eigenvalue weighted by Gasteiger charge is -2.14. The van der Waals surface area contributed by atoms with Gasteiger partial charge in [-0.2, -0.15) is 0 Å². The maximum atomic E-state index is 9.09. The highest BCUT2D eigenvalue weighted by Gasteiger charge is 2.09. The Morgan fingerprint density at radius 2 is 1.31 bits per heavy atom. The summed E-state index contributed by atoms with van der Waals surface area (Å²) in [6, 6.07) is 0. The molecule has 1 N–H and O–H groups in total. The van der Waals surface area contributed by atoms with Crippen LogP contribution in [0.3, 0.4) is 0 Å². The van der Waals surface area contributed by atoms with Gasteiger partial charge in [-0.25, -0.2) is 0 Å². The quantitative estimate of drug-likeness (QED) is 0.662. The first-order valence-corrected chi connectivity index (χ1v) is 3.38. The van der Waals surface area contributed by atoms with Gasteiger partial charge >= 0.3 is 0 Å². The van der Waals surface area contributed by atoms with Gasteiger partial charge in [0.15, 0.2) is 0 Å². The van der Waals surface area contributed by atoms with Crippen molar-refractivity contribution in [3.05, 3.63) is 0 Å². The van der Waals surface area contributed by atoms with Crippen molar-refractivity contribution < 1.29 is 5.11 Å². The molecule has 0 aliphatic heterocycles. The molecule has 0 bridgehead atoms. The van der Waals surface area contributed by atoms with Gasteiger partial charge in [0.25, 0.3) is 0 Å². The van der Waals surface area contributed by atoms with Crippen molar-refractivity contribution in [2.75, 3.05) is 5.88 Å². The van der Waals surface area contributed by atoms with E-state index in [4.69, 9.17) is 16.7 Å². The van der Waals surface area contributed by atoms with Gasteiger partial charge in [-0.3, -0.25) is 0 Å². The van der Waals surface area contributed by atoms with Gasteiger partial charge < -0.3 is 5.11 Å². The number of hydrogen-bond acceptors (Lipinski definition) is 1. The van der Waals surface area contributed by atoms with Crippen LogP contribution in [-0.2, 0) is 0 Å². The molecule has 0 aromatic carbocycles. The summed E-state index contributed by atoms with van der Waals surface area (Å²) in [5.41, 5.74) is -0.533. The number of aliphatic hydroxyl groups is 1. The molecule has 1 nitrogen and oxygen atoms in total. The van der Waals surface area contributed by atoms with Gasteiger partial charge in [-0.15, -0.1) is 11.6 Å². The van der Waals surface area contributed by atoms with E-state index in [2.05, 4.69) is 0 Å². The standard InChI is InChI=1S/C6H13ClO.5CH4/c1-6(2,8)4-3-5-7;;;;;/h8H,3-5H2,1-2H3;5*1H4. The van der Waals surface area contributed by atoms with Gasteiger partial charge in [-0.05, 0) is 26.7 Å². The Morgan fingerprint density at radius 1 is 1.00 bits per heavy atom. The maximum absolute atomic E-state index is 9.09. The third-order valence-electron chi connectivity index (χ3n) is 0.922. The van der Waals surface area contributed by atoms with E-state index in [0.29, 0.717) is 5.88 Å². The molecule has 0 rings (SSSR count). The first-order valence-electron chi connectivity index (χ1n) is 2.84. The zero-order valence-corrected chi connectivity index (χ0v) is 6.20. The molecule has 2 heteroatoms. The summed E-state index contributed by atoms with van der Waals surface area (Å²) in [4.78, 5) is 0. The van der Waals surface area contributed by atoms with E-state index in [0.717, 1.165) is 12.8 Å². The normalized spacial score (nSPS) is 7.38. The molecule has 0 amide bonds. The number of alkyl halides is 1. The molecule has 0 aromatic heterocycles. The molecule has 0 unspecified atom stereocenters. The Bertz CT molecular complexity index is 57.6. The Hall–Kier alpha value is 0.250. The predicted octanol–water partition coefficient (Wildman–Crippen LogP) is 4.96. The van der Waals surface area contributed by atoms with Crippen molar-refractivity contribution in [1.82, 2.24) is 0 Å². The molecular weight excluding hydrogens is 184 g/mol. The average Bonchev–Trinajstić information content (AvgIpc) is 1.59. The van der Waals surface area contributed by atoms with Crippen LogP contribution in [0.2, 0.25) is 0 Å². The lowest BCUT2D eigenvalue weighted by atomic mass is 10.0. The van der Waals surface area contributed by atoms with E-state index in [9.17, 15) is 0 Å². The molecule has 90 valence electrons. The lowest BCUT2D eigenvalue weighted by Crippen LogP contribution is -2.17. The van der Waals surface area contributed by atoms with Crippen LogP contribution in [0.25, 0.3) is 0 Å². The maximum Gasteiger partial charge on any atom is 0.0592 e. The second-order valence-corrected chi connectivity index (χ2v) is 2.98. The van der Waals surface area contributed by atoms with Crippen LogP contribution in [-0.4, -0.2) is 16.6 Å². The van der Waals surface area contributed by atoms with E-state index < -0.39 is 5.60 Å². The fourth-order valence-electron chi connectivity index (χ4n) is 0.499. The van der Waals surface area contributed by atoms with Crippen LogP contribution in [0.15, 0.2) is 0 Å². The molecule has 0 saturated carbocycles. The summed E-state index contributed by atoms with van der Waals surface area (Å²) in [7, 11) is 0. The summed E-state index contributed by atoms with van der Waals surface area (Å²) in [5, 5.41) is 9.09. The minimum Gasteiger partial charge on any atom is -0.390 e. The lowest BCUT2D eigenvalue weighted by molar-refractivity contribution is 0.0705. The van der Waals surface area contributed by atoms with E-state index in [-0.39, 0.29) is 37.1 Å². The summed E-state index contributed by atoms with van der Waals surface area (Å²) in [6.07, 6.45) is 1.68. The Morgan fingerprint density at radius 3 is 1.38 bits per heavy atom. The highest BCUT2D eigenvalue weighted by atomic mass is 35.5. The number of halogens is 1. The van der Waals surface area contributed by atoms with Crippen molar-refractivity contribution in [3.8, 4) is 0 Å².